The molecular weight excluding hydrogens is 391 g/mol. The number of nitrogens with one attached hydrogen (secondary N) is 1. The van der Waals surface area contributed by atoms with E-state index in [2.05, 4.69) is 22.4 Å². The minimum atomic E-state index is -0.198. The van der Waals surface area contributed by atoms with Gasteiger partial charge in [-0.05, 0) is 91.2 Å². The summed E-state index contributed by atoms with van der Waals surface area (Å²) in [7, 11) is 0. The van der Waals surface area contributed by atoms with Crippen LogP contribution < -0.4 is 5.32 Å². The van der Waals surface area contributed by atoms with E-state index in [-0.39, 0.29) is 29.1 Å². The van der Waals surface area contributed by atoms with Gasteiger partial charge in [-0.2, -0.15) is 0 Å². The molecule has 0 saturated heterocycles. The van der Waals surface area contributed by atoms with Gasteiger partial charge in [-0.3, -0.25) is 9.78 Å². The zero-order chi connectivity index (χ0) is 18.5. The van der Waals surface area contributed by atoms with E-state index in [4.69, 9.17) is 11.6 Å². The first-order valence-corrected chi connectivity index (χ1v) is 10.4. The number of benzene rings is 1. The van der Waals surface area contributed by atoms with Crippen molar-refractivity contribution in [1.29, 1.82) is 0 Å². The van der Waals surface area contributed by atoms with E-state index in [0.717, 1.165) is 29.8 Å². The summed E-state index contributed by atoms with van der Waals surface area (Å²) in [5.74, 6) is 1.61. The molecule has 6 rings (SSSR count). The highest BCUT2D eigenvalue weighted by atomic mass is 35.5. The Morgan fingerprint density at radius 3 is 2.32 bits per heavy atom. The minimum absolute atomic E-state index is 0. The highest BCUT2D eigenvalue weighted by Gasteiger charge is 2.60. The lowest BCUT2D eigenvalue weighted by Crippen LogP contribution is -2.59. The fraction of sp³-hybridized carbons (Fsp3) is 0.478. The van der Waals surface area contributed by atoms with E-state index in [0.29, 0.717) is 18.4 Å². The minimum Gasteiger partial charge on any atom is -0.352 e. The lowest BCUT2D eigenvalue weighted by molar-refractivity contribution is -0.149. The molecule has 5 heteroatoms. The Kier molecular flexibility index (Phi) is 5.18. The molecule has 1 amide bonds. The molecule has 28 heavy (non-hydrogen) atoms. The third-order valence-corrected chi connectivity index (χ3v) is 7.45. The lowest BCUT2D eigenvalue weighted by Gasteiger charge is -2.61. The van der Waals surface area contributed by atoms with Gasteiger partial charge in [0.05, 0.1) is 5.41 Å². The van der Waals surface area contributed by atoms with Gasteiger partial charge in [0.15, 0.2) is 0 Å². The summed E-state index contributed by atoms with van der Waals surface area (Å²) >= 11 is 6.13. The average Bonchev–Trinajstić information content (AvgIpc) is 2.66. The lowest BCUT2D eigenvalue weighted by atomic mass is 9.42. The first-order valence-electron chi connectivity index (χ1n) is 10.0. The zero-order valence-electron chi connectivity index (χ0n) is 15.9. The van der Waals surface area contributed by atoms with Crippen LogP contribution in [0.15, 0.2) is 48.8 Å². The Morgan fingerprint density at radius 1 is 1.04 bits per heavy atom. The maximum absolute atomic E-state index is 13.3. The molecular formula is C23H26Cl2N2O. The number of halogens is 2. The van der Waals surface area contributed by atoms with Crippen LogP contribution in [-0.4, -0.2) is 10.9 Å². The Balaban J connectivity index is 0.00000192. The molecule has 148 valence electrons. The summed E-state index contributed by atoms with van der Waals surface area (Å²) in [6.07, 6.45) is 10.4. The molecule has 4 aliphatic carbocycles. The summed E-state index contributed by atoms with van der Waals surface area (Å²) in [5, 5.41) is 4.03. The second kappa shape index (κ2) is 7.35. The van der Waals surface area contributed by atoms with E-state index in [1.54, 1.807) is 12.4 Å². The Bertz CT molecular complexity index is 839. The van der Waals surface area contributed by atoms with Crippen molar-refractivity contribution in [2.75, 3.05) is 0 Å². The van der Waals surface area contributed by atoms with Crippen LogP contribution in [0, 0.1) is 17.3 Å². The van der Waals surface area contributed by atoms with Gasteiger partial charge in [0, 0.05) is 24.0 Å². The number of carbonyl (C=O) groups is 1. The van der Waals surface area contributed by atoms with Crippen molar-refractivity contribution < 1.29 is 4.79 Å². The Morgan fingerprint density at radius 2 is 1.68 bits per heavy atom. The van der Waals surface area contributed by atoms with Gasteiger partial charge in [0.25, 0.3) is 0 Å². The average molecular weight is 417 g/mol. The van der Waals surface area contributed by atoms with Gasteiger partial charge in [0.2, 0.25) is 5.91 Å². The molecule has 4 saturated carbocycles. The normalized spacial score (nSPS) is 32.6. The SMILES string of the molecule is Cl.O=C(NCc1ccncc1)C12C[C@H]3C[C@@H](C1)CC(c1ccc(Cl)cc1)(C3)C2. The summed E-state index contributed by atoms with van der Waals surface area (Å²) in [6.45, 7) is 0.590. The van der Waals surface area contributed by atoms with Crippen LogP contribution >= 0.6 is 24.0 Å². The van der Waals surface area contributed by atoms with Gasteiger partial charge in [0.1, 0.15) is 0 Å². The van der Waals surface area contributed by atoms with Gasteiger partial charge >= 0.3 is 0 Å². The number of aromatic nitrogens is 1. The molecule has 0 spiro atoms. The summed E-state index contributed by atoms with van der Waals surface area (Å²) in [6, 6.07) is 12.3. The topological polar surface area (TPSA) is 42.0 Å². The molecule has 0 aliphatic heterocycles. The van der Waals surface area contributed by atoms with Gasteiger partial charge in [-0.1, -0.05) is 23.7 Å². The molecule has 3 nitrogen and oxygen atoms in total. The van der Waals surface area contributed by atoms with Gasteiger partial charge in [-0.25, -0.2) is 0 Å². The van der Waals surface area contributed by atoms with Crippen LogP contribution in [0.4, 0.5) is 0 Å². The van der Waals surface area contributed by atoms with Crippen molar-refractivity contribution in [3.63, 3.8) is 0 Å². The standard InChI is InChI=1S/C23H25ClN2O.ClH/c24-20-3-1-19(2-4-20)22-10-17-9-18(11-22)13-23(12-17,15-22)21(27)26-14-16-5-7-25-8-6-16;/h1-8,17-18H,9-15H2,(H,26,27);1H/t17-,18+,22?,23?;. The molecule has 2 aromatic rings. The molecule has 0 radical (unpaired) electrons. The van der Waals surface area contributed by atoms with Crippen molar-refractivity contribution in [3.8, 4) is 0 Å². The summed E-state index contributed by atoms with van der Waals surface area (Å²) < 4.78 is 0. The molecule has 4 atom stereocenters. The quantitative estimate of drug-likeness (QED) is 0.733. The third-order valence-electron chi connectivity index (χ3n) is 7.20. The van der Waals surface area contributed by atoms with E-state index in [9.17, 15) is 4.79 Å². The predicted molar refractivity (Wildman–Crippen MR) is 114 cm³/mol. The monoisotopic (exact) mass is 416 g/mol. The first kappa shape index (κ1) is 19.7. The van der Waals surface area contributed by atoms with Crippen LogP contribution in [0.5, 0.6) is 0 Å². The maximum Gasteiger partial charge on any atom is 0.226 e. The fourth-order valence-corrected chi connectivity index (χ4v) is 6.67. The third kappa shape index (κ3) is 3.33. The molecule has 4 bridgehead atoms. The summed E-state index contributed by atoms with van der Waals surface area (Å²) in [4.78, 5) is 17.4. The second-order valence-electron chi connectivity index (χ2n) is 9.07. The van der Waals surface area contributed by atoms with Crippen molar-refractivity contribution in [2.45, 2.75) is 50.5 Å². The molecule has 1 heterocycles. The van der Waals surface area contributed by atoms with Gasteiger partial charge < -0.3 is 5.32 Å². The van der Waals surface area contributed by atoms with Crippen molar-refractivity contribution >= 4 is 29.9 Å². The van der Waals surface area contributed by atoms with Crippen LogP contribution in [0.25, 0.3) is 0 Å². The highest BCUT2D eigenvalue weighted by molar-refractivity contribution is 6.30. The first-order chi connectivity index (χ1) is 13.1. The van der Waals surface area contributed by atoms with Crippen LogP contribution in [-0.2, 0) is 16.8 Å². The van der Waals surface area contributed by atoms with Crippen LogP contribution in [0.3, 0.4) is 0 Å². The molecule has 1 N–H and O–H groups in total. The van der Waals surface area contributed by atoms with Crippen molar-refractivity contribution in [2.24, 2.45) is 17.3 Å². The number of pyridine rings is 1. The summed E-state index contributed by atoms with van der Waals surface area (Å²) in [5.41, 5.74) is 2.45. The number of hydrogen-bond donors (Lipinski definition) is 1. The zero-order valence-corrected chi connectivity index (χ0v) is 17.4. The van der Waals surface area contributed by atoms with E-state index in [1.165, 1.54) is 24.8 Å². The molecule has 4 fully saturated rings. The molecule has 2 unspecified atom stereocenters. The van der Waals surface area contributed by atoms with E-state index in [1.807, 2.05) is 24.3 Å². The van der Waals surface area contributed by atoms with Gasteiger partial charge in [-0.15, -0.1) is 12.4 Å². The molecule has 1 aromatic carbocycles. The number of amides is 1. The highest BCUT2D eigenvalue weighted by Crippen LogP contribution is 2.65. The molecule has 1 aromatic heterocycles. The number of nitrogens with zero attached hydrogens (tertiary/aromatic N) is 1. The fourth-order valence-electron chi connectivity index (χ4n) is 6.54. The number of hydrogen-bond acceptors (Lipinski definition) is 2. The maximum atomic E-state index is 13.3. The second-order valence-corrected chi connectivity index (χ2v) is 9.50. The van der Waals surface area contributed by atoms with E-state index < -0.39 is 0 Å². The van der Waals surface area contributed by atoms with Crippen molar-refractivity contribution in [1.82, 2.24) is 10.3 Å². The van der Waals surface area contributed by atoms with Crippen molar-refractivity contribution in [3.05, 3.63) is 64.9 Å². The van der Waals surface area contributed by atoms with Crippen LogP contribution in [0.2, 0.25) is 5.02 Å². The largest absolute Gasteiger partial charge is 0.352 e. The van der Waals surface area contributed by atoms with E-state index >= 15 is 0 Å². The number of rotatable bonds is 4. The molecule has 4 aliphatic rings. The Hall–Kier alpha value is -1.58. The number of carbonyl (C=O) groups excluding carboxylic acids is 1. The smallest absolute Gasteiger partial charge is 0.226 e. The van der Waals surface area contributed by atoms with Crippen LogP contribution in [0.1, 0.15) is 49.7 Å². The predicted octanol–water partition coefficient (Wildman–Crippen LogP) is 5.31. The Labute approximate surface area is 177 Å².